The van der Waals surface area contributed by atoms with Crippen molar-refractivity contribution in [1.29, 1.82) is 0 Å². The summed E-state index contributed by atoms with van der Waals surface area (Å²) in [7, 11) is -2.24. The van der Waals surface area contributed by atoms with Crippen LogP contribution >= 0.6 is 0 Å². The number of carboxylic acids is 1. The summed E-state index contributed by atoms with van der Waals surface area (Å²) in [5.41, 5.74) is 0.822. The summed E-state index contributed by atoms with van der Waals surface area (Å²) in [6.07, 6.45) is 0.174. The largest absolute Gasteiger partial charge is 0.480 e. The number of aliphatic carboxylic acids is 1. The molecular weight excluding hydrogens is 258 g/mol. The Morgan fingerprint density at radius 1 is 1.50 bits per heavy atom. The maximum Gasteiger partial charge on any atom is 0.321 e. The number of carboxylic acid groups (broad SMARTS) is 1. The van der Waals surface area contributed by atoms with E-state index in [0.717, 1.165) is 0 Å². The smallest absolute Gasteiger partial charge is 0.321 e. The number of carbonyl (C=O) groups is 1. The van der Waals surface area contributed by atoms with Crippen molar-refractivity contribution in [2.45, 2.75) is 38.1 Å². The third-order valence-corrected chi connectivity index (χ3v) is 4.44. The summed E-state index contributed by atoms with van der Waals surface area (Å²) in [6, 6.07) is -1.13. The number of nitrogens with one attached hydrogen (secondary N) is 1. The van der Waals surface area contributed by atoms with E-state index in [1.54, 1.807) is 27.8 Å². The molecule has 0 bridgehead atoms. The fraction of sp³-hybridized carbons (Fsp3) is 0.600. The second-order valence-corrected chi connectivity index (χ2v) is 5.69. The van der Waals surface area contributed by atoms with Gasteiger partial charge in [-0.1, -0.05) is 6.92 Å². The zero-order valence-corrected chi connectivity index (χ0v) is 11.6. The predicted molar refractivity (Wildman–Crippen MR) is 64.7 cm³/mol. The molecule has 0 aliphatic carbocycles. The Labute approximate surface area is 106 Å². The number of hydrogen-bond acceptors (Lipinski definition) is 4. The maximum atomic E-state index is 12.1. The van der Waals surface area contributed by atoms with E-state index < -0.39 is 22.0 Å². The normalized spacial score (nSPS) is 13.6. The Bertz CT molecular complexity index is 562. The number of sulfonamides is 1. The van der Waals surface area contributed by atoms with Crippen LogP contribution in [0.1, 0.15) is 24.7 Å². The molecule has 0 saturated carbocycles. The van der Waals surface area contributed by atoms with E-state index in [2.05, 4.69) is 9.82 Å². The summed E-state index contributed by atoms with van der Waals surface area (Å²) in [4.78, 5) is 10.9. The Morgan fingerprint density at radius 3 is 2.39 bits per heavy atom. The van der Waals surface area contributed by atoms with Crippen LogP contribution in [0.3, 0.4) is 0 Å². The van der Waals surface area contributed by atoms with Crippen molar-refractivity contribution in [2.75, 3.05) is 0 Å². The van der Waals surface area contributed by atoms with Crippen LogP contribution in [0.5, 0.6) is 0 Å². The predicted octanol–water partition coefficient (Wildman–Crippen LogP) is 0.178. The first-order valence-electron chi connectivity index (χ1n) is 5.46. The van der Waals surface area contributed by atoms with Gasteiger partial charge in [-0.05, 0) is 20.3 Å². The summed E-state index contributed by atoms with van der Waals surface area (Å²) in [5, 5.41) is 12.9. The zero-order valence-electron chi connectivity index (χ0n) is 10.8. The fourth-order valence-corrected chi connectivity index (χ4v) is 3.41. The lowest BCUT2D eigenvalue weighted by molar-refractivity contribution is -0.139. The molecular formula is C10H17N3O4S. The molecule has 0 amide bonds. The second kappa shape index (κ2) is 5.07. The first-order chi connectivity index (χ1) is 8.20. The molecule has 0 aliphatic heterocycles. The van der Waals surface area contributed by atoms with Crippen LogP contribution in [0.4, 0.5) is 0 Å². The SMILES string of the molecule is CC[C@H](NS(=O)(=O)c1c(C)nn(C)c1C)C(=O)O. The lowest BCUT2D eigenvalue weighted by Crippen LogP contribution is -2.40. The molecule has 2 N–H and O–H groups in total. The zero-order chi connectivity index (χ0) is 14.1. The van der Waals surface area contributed by atoms with Crippen molar-refractivity contribution in [3.8, 4) is 0 Å². The maximum absolute atomic E-state index is 12.1. The van der Waals surface area contributed by atoms with Crippen molar-refractivity contribution >= 4 is 16.0 Å². The number of aromatic nitrogens is 2. The number of rotatable bonds is 5. The highest BCUT2D eigenvalue weighted by atomic mass is 32.2. The van der Waals surface area contributed by atoms with Gasteiger partial charge in [-0.2, -0.15) is 9.82 Å². The minimum absolute atomic E-state index is 0.0460. The minimum Gasteiger partial charge on any atom is -0.480 e. The Hall–Kier alpha value is -1.41. The van der Waals surface area contributed by atoms with Crippen molar-refractivity contribution in [1.82, 2.24) is 14.5 Å². The van der Waals surface area contributed by atoms with E-state index in [9.17, 15) is 13.2 Å². The van der Waals surface area contributed by atoms with E-state index in [0.29, 0.717) is 11.4 Å². The van der Waals surface area contributed by atoms with Crippen LogP contribution in [0.15, 0.2) is 4.90 Å². The lowest BCUT2D eigenvalue weighted by Gasteiger charge is -2.12. The molecule has 7 nitrogen and oxygen atoms in total. The average Bonchev–Trinajstić information content (AvgIpc) is 2.49. The lowest BCUT2D eigenvalue weighted by atomic mass is 10.2. The summed E-state index contributed by atoms with van der Waals surface area (Å²) >= 11 is 0. The topological polar surface area (TPSA) is 101 Å². The quantitative estimate of drug-likeness (QED) is 0.798. The summed E-state index contributed by atoms with van der Waals surface area (Å²) in [5.74, 6) is -1.19. The van der Waals surface area contributed by atoms with Gasteiger partial charge in [0.2, 0.25) is 10.0 Å². The van der Waals surface area contributed by atoms with Crippen molar-refractivity contribution in [3.05, 3.63) is 11.4 Å². The van der Waals surface area contributed by atoms with Crippen molar-refractivity contribution < 1.29 is 18.3 Å². The molecule has 8 heteroatoms. The first kappa shape index (κ1) is 14.7. The highest BCUT2D eigenvalue weighted by molar-refractivity contribution is 7.89. The third kappa shape index (κ3) is 2.70. The van der Waals surface area contributed by atoms with Gasteiger partial charge >= 0.3 is 5.97 Å². The fourth-order valence-electron chi connectivity index (χ4n) is 1.70. The van der Waals surface area contributed by atoms with Gasteiger partial charge in [-0.15, -0.1) is 0 Å². The first-order valence-corrected chi connectivity index (χ1v) is 6.94. The van der Waals surface area contributed by atoms with Crippen LogP contribution in [0.2, 0.25) is 0 Å². The van der Waals surface area contributed by atoms with Crippen molar-refractivity contribution in [2.24, 2.45) is 7.05 Å². The Kier molecular flexibility index (Phi) is 4.12. The van der Waals surface area contributed by atoms with Gasteiger partial charge < -0.3 is 5.11 Å². The van der Waals surface area contributed by atoms with Crippen LogP contribution in [-0.2, 0) is 21.9 Å². The van der Waals surface area contributed by atoms with E-state index >= 15 is 0 Å². The average molecular weight is 275 g/mol. The molecule has 0 radical (unpaired) electrons. The van der Waals surface area contributed by atoms with Crippen LogP contribution < -0.4 is 4.72 Å². The van der Waals surface area contributed by atoms with Crippen molar-refractivity contribution in [3.63, 3.8) is 0 Å². The Balaban J connectivity index is 3.18. The van der Waals surface area contributed by atoms with Gasteiger partial charge in [0.05, 0.1) is 11.4 Å². The van der Waals surface area contributed by atoms with Gasteiger partial charge in [0.15, 0.2) is 0 Å². The standard InChI is InChI=1S/C10H17N3O4S/c1-5-8(10(14)15)12-18(16,17)9-6(2)11-13(4)7(9)3/h8,12H,5H2,1-4H3,(H,14,15)/t8-/m0/s1. The molecule has 102 valence electrons. The third-order valence-electron chi connectivity index (χ3n) is 2.72. The molecule has 1 aromatic heterocycles. The molecule has 1 aromatic rings. The number of nitrogens with zero attached hydrogens (tertiary/aromatic N) is 2. The van der Waals surface area contributed by atoms with Crippen LogP contribution in [-0.4, -0.2) is 35.3 Å². The highest BCUT2D eigenvalue weighted by Crippen LogP contribution is 2.18. The summed E-state index contributed by atoms with van der Waals surface area (Å²) in [6.45, 7) is 4.80. The molecule has 1 atom stereocenters. The van der Waals surface area contributed by atoms with Crippen LogP contribution in [0.25, 0.3) is 0 Å². The molecule has 1 heterocycles. The monoisotopic (exact) mass is 275 g/mol. The van der Waals surface area contributed by atoms with Gasteiger partial charge in [-0.25, -0.2) is 8.42 Å². The summed E-state index contributed by atoms with van der Waals surface area (Å²) < 4.78 is 27.9. The molecule has 1 rings (SSSR count). The molecule has 0 aromatic carbocycles. The van der Waals surface area contributed by atoms with Crippen LogP contribution in [0, 0.1) is 13.8 Å². The second-order valence-electron chi connectivity index (χ2n) is 4.04. The molecule has 0 unspecified atom stereocenters. The van der Waals surface area contributed by atoms with Gasteiger partial charge in [0.25, 0.3) is 0 Å². The molecule has 18 heavy (non-hydrogen) atoms. The number of hydrogen-bond donors (Lipinski definition) is 2. The molecule has 0 fully saturated rings. The van der Waals surface area contributed by atoms with E-state index in [4.69, 9.17) is 5.11 Å². The van der Waals surface area contributed by atoms with Gasteiger partial charge in [-0.3, -0.25) is 9.48 Å². The highest BCUT2D eigenvalue weighted by Gasteiger charge is 2.28. The minimum atomic E-state index is -3.87. The van der Waals surface area contributed by atoms with Gasteiger partial charge in [0, 0.05) is 7.05 Å². The molecule has 0 saturated heterocycles. The molecule has 0 spiro atoms. The molecule has 0 aliphatic rings. The van der Waals surface area contributed by atoms with E-state index in [-0.39, 0.29) is 11.3 Å². The van der Waals surface area contributed by atoms with E-state index in [1.165, 1.54) is 4.68 Å². The Morgan fingerprint density at radius 2 is 2.06 bits per heavy atom. The number of aryl methyl sites for hydroxylation is 2. The van der Waals surface area contributed by atoms with Gasteiger partial charge in [0.1, 0.15) is 10.9 Å². The van der Waals surface area contributed by atoms with E-state index in [1.807, 2.05) is 0 Å².